The molecule has 3 aromatic rings. The van der Waals surface area contributed by atoms with E-state index < -0.39 is 5.60 Å². The van der Waals surface area contributed by atoms with E-state index in [1.54, 1.807) is 9.80 Å². The molecule has 0 bridgehead atoms. The van der Waals surface area contributed by atoms with Gasteiger partial charge in [0.25, 0.3) is 5.91 Å². The number of benzene rings is 3. The van der Waals surface area contributed by atoms with Gasteiger partial charge in [0, 0.05) is 30.3 Å². The molecule has 0 unspecified atom stereocenters. The maximum Gasteiger partial charge on any atom is 0.268 e. The van der Waals surface area contributed by atoms with Crippen molar-refractivity contribution in [2.24, 2.45) is 5.92 Å². The van der Waals surface area contributed by atoms with Gasteiger partial charge < -0.3 is 14.7 Å². The van der Waals surface area contributed by atoms with Crippen molar-refractivity contribution in [3.8, 4) is 0 Å². The number of hydrogen-bond donors (Lipinski definition) is 1. The van der Waals surface area contributed by atoms with Gasteiger partial charge in [0.05, 0.1) is 24.8 Å². The first-order valence-electron chi connectivity index (χ1n) is 12.1. The van der Waals surface area contributed by atoms with Gasteiger partial charge >= 0.3 is 0 Å². The smallest absolute Gasteiger partial charge is 0.268 e. The van der Waals surface area contributed by atoms with Gasteiger partial charge in [-0.05, 0) is 30.2 Å². The van der Waals surface area contributed by atoms with Crippen LogP contribution in [0.2, 0.25) is 0 Å². The van der Waals surface area contributed by atoms with Crippen molar-refractivity contribution in [3.63, 3.8) is 0 Å². The minimum atomic E-state index is -1.11. The van der Waals surface area contributed by atoms with Crippen LogP contribution in [0.15, 0.2) is 84.9 Å². The third-order valence-electron chi connectivity index (χ3n) is 7.08. The highest BCUT2D eigenvalue weighted by Gasteiger charge is 2.60. The monoisotopic (exact) mass is 470 g/mol. The number of fused-ring (bicyclic) bond motifs is 2. The zero-order chi connectivity index (χ0) is 24.4. The molecule has 0 aromatic heterocycles. The highest BCUT2D eigenvalue weighted by molar-refractivity contribution is 6.12. The molecule has 0 saturated carbocycles. The zero-order valence-electron chi connectivity index (χ0n) is 19.8. The van der Waals surface area contributed by atoms with Crippen molar-refractivity contribution in [1.29, 1.82) is 0 Å². The summed E-state index contributed by atoms with van der Waals surface area (Å²) >= 11 is 0. The lowest BCUT2D eigenvalue weighted by molar-refractivity contribution is -0.149. The molecule has 3 atom stereocenters. The van der Waals surface area contributed by atoms with Gasteiger partial charge in [-0.3, -0.25) is 14.5 Å². The molecule has 5 rings (SSSR count). The van der Waals surface area contributed by atoms with Crippen molar-refractivity contribution in [1.82, 2.24) is 4.90 Å². The lowest BCUT2D eigenvalue weighted by Gasteiger charge is -2.28. The molecular weight excluding hydrogens is 440 g/mol. The number of aliphatic hydroxyl groups excluding tert-OH is 1. The normalized spacial score (nSPS) is 23.0. The largest absolute Gasteiger partial charge is 0.395 e. The molecule has 1 fully saturated rings. The average molecular weight is 471 g/mol. The first-order chi connectivity index (χ1) is 17.0. The molecule has 1 saturated heterocycles. The second kappa shape index (κ2) is 9.64. The fourth-order valence-corrected chi connectivity index (χ4v) is 5.45. The maximum atomic E-state index is 14.0. The van der Waals surface area contributed by atoms with E-state index in [9.17, 15) is 14.7 Å². The quantitative estimate of drug-likeness (QED) is 0.556. The van der Waals surface area contributed by atoms with Crippen LogP contribution in [0.3, 0.4) is 0 Å². The molecule has 2 aliphatic rings. The van der Waals surface area contributed by atoms with E-state index in [2.05, 4.69) is 0 Å². The van der Waals surface area contributed by atoms with E-state index in [0.29, 0.717) is 13.0 Å². The van der Waals surface area contributed by atoms with Gasteiger partial charge in [0.1, 0.15) is 0 Å². The van der Waals surface area contributed by atoms with Crippen molar-refractivity contribution in [2.45, 2.75) is 38.0 Å². The van der Waals surface area contributed by atoms with Crippen molar-refractivity contribution in [3.05, 3.63) is 96.1 Å². The van der Waals surface area contributed by atoms with Crippen LogP contribution in [0.4, 0.5) is 11.4 Å². The minimum Gasteiger partial charge on any atom is -0.395 e. The summed E-state index contributed by atoms with van der Waals surface area (Å²) in [5, 5.41) is 9.54. The van der Waals surface area contributed by atoms with Gasteiger partial charge in [0.15, 0.2) is 5.60 Å². The Hall–Kier alpha value is -3.48. The Morgan fingerprint density at radius 2 is 1.69 bits per heavy atom. The number of hydrogen-bond acceptors (Lipinski definition) is 4. The first-order valence-corrected chi connectivity index (χ1v) is 12.1. The SMILES string of the molecule is C[C@@H]1C[C@H](CC(=O)N(CCO)Cc2ccccc2)O[C@@]12C(=O)N(c1ccccc1)c1ccccc12. The van der Waals surface area contributed by atoms with Crippen LogP contribution in [0, 0.1) is 5.92 Å². The van der Waals surface area contributed by atoms with Gasteiger partial charge in [-0.15, -0.1) is 0 Å². The molecule has 2 aliphatic heterocycles. The molecule has 2 heterocycles. The topological polar surface area (TPSA) is 70.1 Å². The van der Waals surface area contributed by atoms with E-state index >= 15 is 0 Å². The number of carbonyl (C=O) groups excluding carboxylic acids is 2. The Labute approximate surface area is 205 Å². The fourth-order valence-electron chi connectivity index (χ4n) is 5.45. The number of aliphatic hydroxyl groups is 1. The highest BCUT2D eigenvalue weighted by atomic mass is 16.5. The van der Waals surface area contributed by atoms with Crippen LogP contribution in [0.25, 0.3) is 0 Å². The van der Waals surface area contributed by atoms with Crippen LogP contribution in [-0.4, -0.2) is 41.1 Å². The van der Waals surface area contributed by atoms with Crippen molar-refractivity contribution < 1.29 is 19.4 Å². The summed E-state index contributed by atoms with van der Waals surface area (Å²) in [5.74, 6) is -0.289. The molecule has 3 aromatic carbocycles. The Bertz CT molecular complexity index is 1200. The molecule has 0 radical (unpaired) electrons. The molecule has 1 N–H and O–H groups in total. The standard InChI is InChI=1S/C29H30N2O4/c1-21-18-24(19-27(33)30(16-17-32)20-22-10-4-2-5-11-22)35-29(21)25-14-8-9-15-26(25)31(28(29)34)23-12-6-3-7-13-23/h2-15,21,24,32H,16-20H2,1H3/t21-,24-,29+/m1/s1. The summed E-state index contributed by atoms with van der Waals surface area (Å²) in [6, 6.07) is 27.1. The highest BCUT2D eigenvalue weighted by Crippen LogP contribution is 2.55. The van der Waals surface area contributed by atoms with Crippen LogP contribution >= 0.6 is 0 Å². The number of amides is 2. The average Bonchev–Trinajstić information content (AvgIpc) is 3.34. The molecule has 0 aliphatic carbocycles. The number of para-hydroxylation sites is 2. The molecular formula is C29H30N2O4. The van der Waals surface area contributed by atoms with E-state index in [1.165, 1.54) is 0 Å². The molecule has 180 valence electrons. The van der Waals surface area contributed by atoms with Gasteiger partial charge in [0.2, 0.25) is 5.91 Å². The Kier molecular flexibility index (Phi) is 6.41. The lowest BCUT2D eigenvalue weighted by Crippen LogP contribution is -2.42. The van der Waals surface area contributed by atoms with E-state index in [0.717, 1.165) is 22.5 Å². The van der Waals surface area contributed by atoms with Gasteiger partial charge in [-0.1, -0.05) is 73.7 Å². The minimum absolute atomic E-state index is 0.0872. The van der Waals surface area contributed by atoms with Crippen LogP contribution < -0.4 is 4.90 Å². The molecule has 6 heteroatoms. The predicted octanol–water partition coefficient (Wildman–Crippen LogP) is 4.40. The van der Waals surface area contributed by atoms with E-state index in [4.69, 9.17) is 4.74 Å². The Morgan fingerprint density at radius 3 is 2.40 bits per heavy atom. The van der Waals surface area contributed by atoms with Gasteiger partial charge in [-0.2, -0.15) is 0 Å². The molecule has 35 heavy (non-hydrogen) atoms. The van der Waals surface area contributed by atoms with E-state index in [-0.39, 0.29) is 43.4 Å². The second-order valence-electron chi connectivity index (χ2n) is 9.33. The summed E-state index contributed by atoms with van der Waals surface area (Å²) in [4.78, 5) is 30.6. The summed E-state index contributed by atoms with van der Waals surface area (Å²) in [6.07, 6.45) is 0.383. The third-order valence-corrected chi connectivity index (χ3v) is 7.08. The van der Waals surface area contributed by atoms with E-state index in [1.807, 2.05) is 91.9 Å². The summed E-state index contributed by atoms with van der Waals surface area (Å²) < 4.78 is 6.56. The third kappa shape index (κ3) is 4.13. The van der Waals surface area contributed by atoms with Crippen molar-refractivity contribution >= 4 is 23.2 Å². The van der Waals surface area contributed by atoms with Crippen molar-refractivity contribution in [2.75, 3.05) is 18.1 Å². The van der Waals surface area contributed by atoms with Crippen LogP contribution in [0.1, 0.15) is 30.9 Å². The van der Waals surface area contributed by atoms with Crippen LogP contribution in [0.5, 0.6) is 0 Å². The molecule has 2 amide bonds. The summed E-state index contributed by atoms with van der Waals surface area (Å²) in [5.41, 5.74) is 2.37. The summed E-state index contributed by atoms with van der Waals surface area (Å²) in [7, 11) is 0. The number of rotatable bonds is 7. The second-order valence-corrected chi connectivity index (χ2v) is 9.33. The summed E-state index contributed by atoms with van der Waals surface area (Å²) in [6.45, 7) is 2.60. The number of carbonyl (C=O) groups is 2. The lowest BCUT2D eigenvalue weighted by atomic mass is 9.83. The Balaban J connectivity index is 1.39. The number of anilines is 2. The van der Waals surface area contributed by atoms with Crippen LogP contribution in [-0.2, 0) is 26.5 Å². The molecule has 1 spiro atoms. The number of ether oxygens (including phenoxy) is 1. The first kappa shape index (κ1) is 23.3. The zero-order valence-corrected chi connectivity index (χ0v) is 19.8. The van der Waals surface area contributed by atoms with Gasteiger partial charge in [-0.25, -0.2) is 0 Å². The fraction of sp³-hybridized carbons (Fsp3) is 0.310. The number of nitrogens with zero attached hydrogens (tertiary/aromatic N) is 2. The maximum absolute atomic E-state index is 14.0. The predicted molar refractivity (Wildman–Crippen MR) is 134 cm³/mol. The molecule has 6 nitrogen and oxygen atoms in total. The Morgan fingerprint density at radius 1 is 1.03 bits per heavy atom.